The maximum atomic E-state index is 12.2. The summed E-state index contributed by atoms with van der Waals surface area (Å²) in [5.41, 5.74) is 6.83. The maximum absolute atomic E-state index is 12.2. The normalized spacial score (nSPS) is 12.3. The number of hydrogen-bond donors (Lipinski definition) is 1. The minimum absolute atomic E-state index is 0.167. The molecule has 0 radical (unpaired) electrons. The molecule has 0 heterocycles. The summed E-state index contributed by atoms with van der Waals surface area (Å²) in [5, 5.41) is 2.44. The summed E-state index contributed by atoms with van der Waals surface area (Å²) in [6.45, 7) is 3.30. The van der Waals surface area contributed by atoms with Gasteiger partial charge >= 0.3 is 0 Å². The van der Waals surface area contributed by atoms with E-state index in [2.05, 4.69) is 37.3 Å². The van der Waals surface area contributed by atoms with Crippen LogP contribution in [0.5, 0.6) is 0 Å². The van der Waals surface area contributed by atoms with Gasteiger partial charge in [0.2, 0.25) is 5.91 Å². The second-order valence-electron chi connectivity index (χ2n) is 5.65. The quantitative estimate of drug-likeness (QED) is 0.885. The van der Waals surface area contributed by atoms with E-state index in [1.165, 1.54) is 10.8 Å². The third-order valence-electron chi connectivity index (χ3n) is 4.03. The van der Waals surface area contributed by atoms with Crippen LogP contribution in [0.1, 0.15) is 25.3 Å². The Morgan fingerprint density at radius 2 is 1.90 bits per heavy atom. The van der Waals surface area contributed by atoms with Crippen LogP contribution in [0.4, 0.5) is 0 Å². The summed E-state index contributed by atoms with van der Waals surface area (Å²) in [5.74, 6) is 0.456. The largest absolute Gasteiger partial charge is 0.341 e. The highest BCUT2D eigenvalue weighted by Gasteiger charge is 2.14. The van der Waals surface area contributed by atoms with Crippen molar-refractivity contribution in [1.82, 2.24) is 4.90 Å². The number of rotatable bonds is 6. The predicted molar refractivity (Wildman–Crippen MR) is 87.9 cm³/mol. The first-order valence-corrected chi connectivity index (χ1v) is 7.55. The third kappa shape index (κ3) is 4.05. The van der Waals surface area contributed by atoms with Crippen molar-refractivity contribution in [2.45, 2.75) is 26.3 Å². The molecule has 112 valence electrons. The summed E-state index contributed by atoms with van der Waals surface area (Å²) in [4.78, 5) is 14.0. The number of hydrogen-bond acceptors (Lipinski definition) is 2. The van der Waals surface area contributed by atoms with Gasteiger partial charge in [0.1, 0.15) is 0 Å². The summed E-state index contributed by atoms with van der Waals surface area (Å²) >= 11 is 0. The molecule has 2 N–H and O–H groups in total. The minimum atomic E-state index is 0.167. The molecule has 1 unspecified atom stereocenters. The van der Waals surface area contributed by atoms with Gasteiger partial charge in [-0.3, -0.25) is 4.79 Å². The Hall–Kier alpha value is -1.87. The SMILES string of the molecule is CCC(CN)CC(=O)N(C)Cc1ccc2ccccc2c1. The molecule has 2 rings (SSSR count). The topological polar surface area (TPSA) is 46.3 Å². The molecule has 1 amide bonds. The van der Waals surface area contributed by atoms with Crippen LogP contribution in [-0.2, 0) is 11.3 Å². The lowest BCUT2D eigenvalue weighted by Gasteiger charge is -2.20. The van der Waals surface area contributed by atoms with Gasteiger partial charge in [-0.1, -0.05) is 49.7 Å². The molecule has 0 aliphatic rings. The van der Waals surface area contributed by atoms with Crippen molar-refractivity contribution in [2.75, 3.05) is 13.6 Å². The first kappa shape index (κ1) is 15.5. The van der Waals surface area contributed by atoms with E-state index in [9.17, 15) is 4.79 Å². The average Bonchev–Trinajstić information content (AvgIpc) is 2.52. The molecule has 0 saturated heterocycles. The summed E-state index contributed by atoms with van der Waals surface area (Å²) in [6, 6.07) is 14.6. The number of nitrogens with two attached hydrogens (primary N) is 1. The molecule has 3 nitrogen and oxygen atoms in total. The fourth-order valence-electron chi connectivity index (χ4n) is 2.50. The van der Waals surface area contributed by atoms with Gasteiger partial charge in [0, 0.05) is 20.0 Å². The Kier molecular flexibility index (Phi) is 5.34. The van der Waals surface area contributed by atoms with Crippen LogP contribution in [0.15, 0.2) is 42.5 Å². The van der Waals surface area contributed by atoms with E-state index in [0.29, 0.717) is 19.5 Å². The van der Waals surface area contributed by atoms with E-state index in [1.807, 2.05) is 19.2 Å². The molecule has 21 heavy (non-hydrogen) atoms. The van der Waals surface area contributed by atoms with Crippen molar-refractivity contribution in [3.05, 3.63) is 48.0 Å². The van der Waals surface area contributed by atoms with Gasteiger partial charge in [-0.25, -0.2) is 0 Å². The van der Waals surface area contributed by atoms with Crippen LogP contribution in [-0.4, -0.2) is 24.4 Å². The monoisotopic (exact) mass is 284 g/mol. The van der Waals surface area contributed by atoms with Crippen molar-refractivity contribution >= 4 is 16.7 Å². The van der Waals surface area contributed by atoms with Crippen LogP contribution in [0.3, 0.4) is 0 Å². The van der Waals surface area contributed by atoms with Crippen molar-refractivity contribution in [3.8, 4) is 0 Å². The fraction of sp³-hybridized carbons (Fsp3) is 0.389. The van der Waals surface area contributed by atoms with E-state index in [1.54, 1.807) is 4.90 Å². The average molecular weight is 284 g/mol. The number of amides is 1. The minimum Gasteiger partial charge on any atom is -0.341 e. The van der Waals surface area contributed by atoms with Gasteiger partial charge in [0.15, 0.2) is 0 Å². The van der Waals surface area contributed by atoms with E-state index in [0.717, 1.165) is 12.0 Å². The highest BCUT2D eigenvalue weighted by atomic mass is 16.2. The fourth-order valence-corrected chi connectivity index (χ4v) is 2.50. The molecular weight excluding hydrogens is 260 g/mol. The van der Waals surface area contributed by atoms with Gasteiger partial charge in [-0.15, -0.1) is 0 Å². The second-order valence-corrected chi connectivity index (χ2v) is 5.65. The van der Waals surface area contributed by atoms with Crippen molar-refractivity contribution in [2.24, 2.45) is 11.7 Å². The number of fused-ring (bicyclic) bond motifs is 1. The lowest BCUT2D eigenvalue weighted by molar-refractivity contribution is -0.131. The van der Waals surface area contributed by atoms with Gasteiger partial charge in [0.05, 0.1) is 0 Å². The van der Waals surface area contributed by atoms with Crippen LogP contribution in [0, 0.1) is 5.92 Å². The van der Waals surface area contributed by atoms with Gasteiger partial charge < -0.3 is 10.6 Å². The number of carbonyl (C=O) groups excluding carboxylic acids is 1. The van der Waals surface area contributed by atoms with Crippen LogP contribution < -0.4 is 5.73 Å². The second kappa shape index (κ2) is 7.23. The molecule has 0 fully saturated rings. The first-order valence-electron chi connectivity index (χ1n) is 7.55. The summed E-state index contributed by atoms with van der Waals surface area (Å²) in [6.07, 6.45) is 1.49. The van der Waals surface area contributed by atoms with E-state index < -0.39 is 0 Å². The molecular formula is C18H24N2O. The Labute approximate surface area is 126 Å². The van der Waals surface area contributed by atoms with Crippen LogP contribution >= 0.6 is 0 Å². The summed E-state index contributed by atoms with van der Waals surface area (Å²) in [7, 11) is 1.86. The van der Waals surface area contributed by atoms with Gasteiger partial charge in [-0.05, 0) is 34.9 Å². The number of carbonyl (C=O) groups is 1. The lowest BCUT2D eigenvalue weighted by Crippen LogP contribution is -2.29. The smallest absolute Gasteiger partial charge is 0.222 e. The molecule has 2 aromatic carbocycles. The van der Waals surface area contributed by atoms with Crippen molar-refractivity contribution in [1.29, 1.82) is 0 Å². The Morgan fingerprint density at radius 3 is 2.57 bits per heavy atom. The maximum Gasteiger partial charge on any atom is 0.222 e. The Morgan fingerprint density at radius 1 is 1.19 bits per heavy atom. The highest BCUT2D eigenvalue weighted by molar-refractivity contribution is 5.83. The molecule has 0 aromatic heterocycles. The number of nitrogens with zero attached hydrogens (tertiary/aromatic N) is 1. The zero-order valence-corrected chi connectivity index (χ0v) is 12.9. The Balaban J connectivity index is 2.03. The molecule has 0 spiro atoms. The molecule has 0 aliphatic heterocycles. The third-order valence-corrected chi connectivity index (χ3v) is 4.03. The predicted octanol–water partition coefficient (Wildman–Crippen LogP) is 3.17. The van der Waals surface area contributed by atoms with Crippen LogP contribution in [0.25, 0.3) is 10.8 Å². The van der Waals surface area contributed by atoms with Crippen molar-refractivity contribution in [3.63, 3.8) is 0 Å². The summed E-state index contributed by atoms with van der Waals surface area (Å²) < 4.78 is 0. The van der Waals surface area contributed by atoms with E-state index in [4.69, 9.17) is 5.73 Å². The van der Waals surface area contributed by atoms with Gasteiger partial charge in [0.25, 0.3) is 0 Å². The molecule has 2 aromatic rings. The van der Waals surface area contributed by atoms with Crippen molar-refractivity contribution < 1.29 is 4.79 Å². The van der Waals surface area contributed by atoms with E-state index in [-0.39, 0.29) is 11.8 Å². The molecule has 0 saturated carbocycles. The molecule has 0 bridgehead atoms. The van der Waals surface area contributed by atoms with Gasteiger partial charge in [-0.2, -0.15) is 0 Å². The lowest BCUT2D eigenvalue weighted by atomic mass is 10.0. The van der Waals surface area contributed by atoms with E-state index >= 15 is 0 Å². The Bertz CT molecular complexity index is 605. The first-order chi connectivity index (χ1) is 10.1. The highest BCUT2D eigenvalue weighted by Crippen LogP contribution is 2.17. The van der Waals surface area contributed by atoms with Crippen LogP contribution in [0.2, 0.25) is 0 Å². The molecule has 1 atom stereocenters. The zero-order chi connectivity index (χ0) is 15.2. The zero-order valence-electron chi connectivity index (χ0n) is 12.9. The number of benzene rings is 2. The molecule has 0 aliphatic carbocycles. The molecule has 3 heteroatoms. The standard InChI is InChI=1S/C18H24N2O/c1-3-14(12-19)11-18(21)20(2)13-15-8-9-16-6-4-5-7-17(16)10-15/h4-10,14H,3,11-13,19H2,1-2H3.